The third-order valence-corrected chi connectivity index (χ3v) is 4.86. The van der Waals surface area contributed by atoms with Crippen LogP contribution in [0.25, 0.3) is 10.8 Å². The van der Waals surface area contributed by atoms with Gasteiger partial charge in [-0.3, -0.25) is 0 Å². The van der Waals surface area contributed by atoms with Crippen molar-refractivity contribution in [1.29, 1.82) is 0 Å². The Morgan fingerprint density at radius 3 is 2.48 bits per heavy atom. The topological polar surface area (TPSA) is 26.0 Å². The molecule has 3 heteroatoms. The zero-order chi connectivity index (χ0) is 14.8. The summed E-state index contributed by atoms with van der Waals surface area (Å²) < 4.78 is 2.10. The minimum absolute atomic E-state index is 0.0294. The first-order valence-corrected chi connectivity index (χ1v) is 8.41. The lowest BCUT2D eigenvalue weighted by molar-refractivity contribution is 0.721. The number of benzene rings is 3. The molecule has 0 amide bonds. The highest BCUT2D eigenvalue weighted by atomic mass is 79.9. The van der Waals surface area contributed by atoms with Crippen LogP contribution in [0.5, 0.6) is 0 Å². The first-order chi connectivity index (χ1) is 10.1. The van der Waals surface area contributed by atoms with Gasteiger partial charge in [0.1, 0.15) is 0 Å². The minimum atomic E-state index is -0.0294. The van der Waals surface area contributed by atoms with Crippen molar-refractivity contribution in [2.75, 3.05) is 0 Å². The Morgan fingerprint density at radius 1 is 0.905 bits per heavy atom. The fourth-order valence-electron chi connectivity index (χ4n) is 2.62. The van der Waals surface area contributed by atoms with Crippen molar-refractivity contribution in [3.8, 4) is 0 Å². The van der Waals surface area contributed by atoms with E-state index >= 15 is 0 Å². The summed E-state index contributed by atoms with van der Waals surface area (Å²) in [5, 5.41) is 2.54. The quantitative estimate of drug-likeness (QED) is 0.603. The summed E-state index contributed by atoms with van der Waals surface area (Å²) >= 11 is 7.07. The number of hydrogen-bond acceptors (Lipinski definition) is 1. The van der Waals surface area contributed by atoms with Gasteiger partial charge in [-0.05, 0) is 40.5 Å². The van der Waals surface area contributed by atoms with Crippen LogP contribution < -0.4 is 5.73 Å². The van der Waals surface area contributed by atoms with Crippen molar-refractivity contribution >= 4 is 42.6 Å². The van der Waals surface area contributed by atoms with Crippen molar-refractivity contribution in [3.63, 3.8) is 0 Å². The van der Waals surface area contributed by atoms with E-state index in [9.17, 15) is 0 Å². The standard InChI is InChI=1S/C18H15Br2N/c19-14-8-9-16(17(20)11-14)18(21)10-13-6-3-5-12-4-1-2-7-15(12)13/h1-9,11,18H,10,21H2. The predicted molar refractivity (Wildman–Crippen MR) is 96.4 cm³/mol. The Balaban J connectivity index is 1.94. The number of rotatable bonds is 3. The van der Waals surface area contributed by atoms with Crippen LogP contribution in [-0.2, 0) is 6.42 Å². The molecule has 3 aromatic carbocycles. The molecule has 3 aromatic rings. The van der Waals surface area contributed by atoms with Crippen molar-refractivity contribution in [3.05, 3.63) is 80.7 Å². The van der Waals surface area contributed by atoms with Gasteiger partial charge < -0.3 is 5.73 Å². The molecule has 0 aliphatic carbocycles. The van der Waals surface area contributed by atoms with Gasteiger partial charge in [0.15, 0.2) is 0 Å². The van der Waals surface area contributed by atoms with Gasteiger partial charge in [0.2, 0.25) is 0 Å². The molecule has 0 fully saturated rings. The van der Waals surface area contributed by atoms with Crippen molar-refractivity contribution in [2.24, 2.45) is 5.73 Å². The van der Waals surface area contributed by atoms with Gasteiger partial charge in [-0.1, -0.05) is 80.4 Å². The van der Waals surface area contributed by atoms with Crippen LogP contribution in [0.15, 0.2) is 69.6 Å². The highest BCUT2D eigenvalue weighted by Crippen LogP contribution is 2.29. The molecule has 0 spiro atoms. The minimum Gasteiger partial charge on any atom is -0.324 e. The van der Waals surface area contributed by atoms with Crippen molar-refractivity contribution in [1.82, 2.24) is 0 Å². The Kier molecular flexibility index (Phi) is 4.43. The molecule has 0 saturated carbocycles. The van der Waals surface area contributed by atoms with Gasteiger partial charge in [0, 0.05) is 15.0 Å². The van der Waals surface area contributed by atoms with Gasteiger partial charge in [-0.25, -0.2) is 0 Å². The van der Waals surface area contributed by atoms with Crippen LogP contribution in [0.4, 0.5) is 0 Å². The highest BCUT2D eigenvalue weighted by molar-refractivity contribution is 9.11. The Labute approximate surface area is 141 Å². The summed E-state index contributed by atoms with van der Waals surface area (Å²) in [5.41, 5.74) is 8.84. The molecule has 1 unspecified atom stereocenters. The van der Waals surface area contributed by atoms with Gasteiger partial charge in [-0.15, -0.1) is 0 Å². The fourth-order valence-corrected chi connectivity index (χ4v) is 3.96. The lowest BCUT2D eigenvalue weighted by Crippen LogP contribution is -2.14. The van der Waals surface area contributed by atoms with Crippen LogP contribution in [-0.4, -0.2) is 0 Å². The maximum Gasteiger partial charge on any atom is 0.0347 e. The average Bonchev–Trinajstić information content (AvgIpc) is 2.47. The summed E-state index contributed by atoms with van der Waals surface area (Å²) in [4.78, 5) is 0. The molecule has 0 radical (unpaired) electrons. The van der Waals surface area contributed by atoms with Crippen LogP contribution in [0.3, 0.4) is 0 Å². The molecule has 1 nitrogen and oxygen atoms in total. The second-order valence-electron chi connectivity index (χ2n) is 5.11. The average molecular weight is 405 g/mol. The van der Waals surface area contributed by atoms with E-state index in [0.29, 0.717) is 0 Å². The SMILES string of the molecule is NC(Cc1cccc2ccccc12)c1ccc(Br)cc1Br. The molecule has 0 heterocycles. The normalized spacial score (nSPS) is 12.5. The monoisotopic (exact) mass is 403 g/mol. The van der Waals surface area contributed by atoms with E-state index in [2.05, 4.69) is 80.4 Å². The zero-order valence-corrected chi connectivity index (χ0v) is 14.6. The third-order valence-electron chi connectivity index (χ3n) is 3.68. The lowest BCUT2D eigenvalue weighted by Gasteiger charge is -2.16. The van der Waals surface area contributed by atoms with E-state index in [1.165, 1.54) is 16.3 Å². The van der Waals surface area contributed by atoms with Gasteiger partial charge in [0.25, 0.3) is 0 Å². The maximum absolute atomic E-state index is 6.42. The predicted octanol–water partition coefficient (Wildman–Crippen LogP) is 5.61. The molecule has 0 saturated heterocycles. The van der Waals surface area contributed by atoms with Gasteiger partial charge in [-0.2, -0.15) is 0 Å². The molecule has 1 atom stereocenters. The first-order valence-electron chi connectivity index (χ1n) is 6.82. The van der Waals surface area contributed by atoms with E-state index in [1.54, 1.807) is 0 Å². The summed E-state index contributed by atoms with van der Waals surface area (Å²) in [6.07, 6.45) is 0.821. The molecule has 21 heavy (non-hydrogen) atoms. The number of hydrogen-bond donors (Lipinski definition) is 1. The Morgan fingerprint density at radius 2 is 1.67 bits per heavy atom. The fraction of sp³-hybridized carbons (Fsp3) is 0.111. The van der Waals surface area contributed by atoms with Crippen molar-refractivity contribution in [2.45, 2.75) is 12.5 Å². The smallest absolute Gasteiger partial charge is 0.0347 e. The molecule has 0 bridgehead atoms. The number of fused-ring (bicyclic) bond motifs is 1. The highest BCUT2D eigenvalue weighted by Gasteiger charge is 2.12. The van der Waals surface area contributed by atoms with Gasteiger partial charge >= 0.3 is 0 Å². The Bertz CT molecular complexity index is 778. The van der Waals surface area contributed by atoms with Gasteiger partial charge in [0.05, 0.1) is 0 Å². The van der Waals surface area contributed by atoms with Crippen LogP contribution in [0.2, 0.25) is 0 Å². The van der Waals surface area contributed by atoms with Crippen LogP contribution in [0.1, 0.15) is 17.2 Å². The second-order valence-corrected chi connectivity index (χ2v) is 6.88. The molecular weight excluding hydrogens is 390 g/mol. The molecule has 2 N–H and O–H groups in total. The van der Waals surface area contributed by atoms with E-state index < -0.39 is 0 Å². The van der Waals surface area contributed by atoms with E-state index in [4.69, 9.17) is 5.73 Å². The molecular formula is C18H15Br2N. The van der Waals surface area contributed by atoms with Crippen molar-refractivity contribution < 1.29 is 0 Å². The first kappa shape index (κ1) is 14.8. The van der Waals surface area contributed by atoms with Crippen LogP contribution >= 0.6 is 31.9 Å². The van der Waals surface area contributed by atoms with E-state index in [0.717, 1.165) is 20.9 Å². The largest absolute Gasteiger partial charge is 0.324 e. The summed E-state index contributed by atoms with van der Waals surface area (Å²) in [7, 11) is 0. The molecule has 0 aliphatic heterocycles. The summed E-state index contributed by atoms with van der Waals surface area (Å²) in [6.45, 7) is 0. The third kappa shape index (κ3) is 3.20. The Hall–Kier alpha value is -1.16. The molecule has 3 rings (SSSR count). The van der Waals surface area contributed by atoms with E-state index in [1.807, 2.05) is 12.1 Å². The molecule has 0 aliphatic rings. The maximum atomic E-state index is 6.42. The summed E-state index contributed by atoms with van der Waals surface area (Å²) in [5.74, 6) is 0. The van der Waals surface area contributed by atoms with E-state index in [-0.39, 0.29) is 6.04 Å². The molecule has 106 valence electrons. The lowest BCUT2D eigenvalue weighted by atomic mass is 9.95. The zero-order valence-electron chi connectivity index (χ0n) is 11.4. The second kappa shape index (κ2) is 6.30. The summed E-state index contributed by atoms with van der Waals surface area (Å²) in [6, 6.07) is 21.0. The van der Waals surface area contributed by atoms with Crippen LogP contribution in [0, 0.1) is 0 Å². The number of halogens is 2. The number of nitrogens with two attached hydrogens (primary N) is 1. The molecule has 0 aromatic heterocycles.